The van der Waals surface area contributed by atoms with Gasteiger partial charge in [0.25, 0.3) is 0 Å². The van der Waals surface area contributed by atoms with E-state index in [1.54, 1.807) is 0 Å². The van der Waals surface area contributed by atoms with Gasteiger partial charge in [-0.3, -0.25) is 9.69 Å². The second kappa shape index (κ2) is 7.92. The predicted octanol–water partition coefficient (Wildman–Crippen LogP) is 3.85. The summed E-state index contributed by atoms with van der Waals surface area (Å²) in [7, 11) is 0. The molecule has 2 aliphatic heterocycles. The molecule has 0 bridgehead atoms. The van der Waals surface area contributed by atoms with E-state index in [0.29, 0.717) is 11.9 Å². The van der Waals surface area contributed by atoms with Crippen LogP contribution in [0, 0.1) is 5.92 Å². The van der Waals surface area contributed by atoms with Crippen LogP contribution in [0.2, 0.25) is 0 Å². The van der Waals surface area contributed by atoms with Crippen LogP contribution in [0.5, 0.6) is 0 Å². The zero-order valence-electron chi connectivity index (χ0n) is 16.9. The van der Waals surface area contributed by atoms with Crippen molar-refractivity contribution in [2.24, 2.45) is 5.92 Å². The number of ether oxygens (including phenoxy) is 1. The molecule has 4 heteroatoms. The summed E-state index contributed by atoms with van der Waals surface area (Å²) in [4.78, 5) is 17.1. The van der Waals surface area contributed by atoms with Gasteiger partial charge in [0.15, 0.2) is 0 Å². The maximum Gasteiger partial charge on any atom is 0.225 e. The van der Waals surface area contributed by atoms with Crippen molar-refractivity contribution in [3.05, 3.63) is 35.9 Å². The molecule has 1 aromatic carbocycles. The maximum absolute atomic E-state index is 12.3. The summed E-state index contributed by atoms with van der Waals surface area (Å²) in [5.74, 6) is 0.385. The van der Waals surface area contributed by atoms with Crippen LogP contribution >= 0.6 is 0 Å². The van der Waals surface area contributed by atoms with Gasteiger partial charge >= 0.3 is 0 Å². The number of hydrogen-bond donors (Lipinski definition) is 0. The number of benzene rings is 1. The summed E-state index contributed by atoms with van der Waals surface area (Å²) < 4.78 is 6.36. The molecule has 1 atom stereocenters. The highest BCUT2D eigenvalue weighted by Crippen LogP contribution is 2.40. The molecule has 0 aromatic heterocycles. The topological polar surface area (TPSA) is 32.8 Å². The monoisotopic (exact) mass is 370 g/mol. The van der Waals surface area contributed by atoms with Crippen molar-refractivity contribution >= 4 is 5.91 Å². The van der Waals surface area contributed by atoms with E-state index in [2.05, 4.69) is 35.2 Å². The number of hydrogen-bond acceptors (Lipinski definition) is 3. The Morgan fingerprint density at radius 3 is 2.48 bits per heavy atom. The molecule has 2 saturated heterocycles. The van der Waals surface area contributed by atoms with Crippen LogP contribution in [0.15, 0.2) is 30.3 Å². The van der Waals surface area contributed by atoms with Gasteiger partial charge in [0.05, 0.1) is 5.60 Å². The van der Waals surface area contributed by atoms with E-state index in [1.807, 2.05) is 18.7 Å². The molecule has 1 unspecified atom stereocenters. The van der Waals surface area contributed by atoms with E-state index in [4.69, 9.17) is 4.74 Å². The Bertz CT molecular complexity index is 633. The van der Waals surface area contributed by atoms with Crippen LogP contribution in [0.25, 0.3) is 0 Å². The highest BCUT2D eigenvalue weighted by atomic mass is 16.5. The van der Waals surface area contributed by atoms with E-state index >= 15 is 0 Å². The van der Waals surface area contributed by atoms with Crippen molar-refractivity contribution in [2.45, 2.75) is 76.6 Å². The minimum Gasteiger partial charge on any atom is -0.375 e. The van der Waals surface area contributed by atoms with Crippen LogP contribution in [-0.2, 0) is 16.1 Å². The van der Waals surface area contributed by atoms with Crippen molar-refractivity contribution in [3.8, 4) is 0 Å². The number of carbonyl (C=O) groups is 1. The van der Waals surface area contributed by atoms with Gasteiger partial charge in [0.1, 0.15) is 0 Å². The first-order chi connectivity index (χ1) is 13.1. The number of nitrogens with zero attached hydrogens (tertiary/aromatic N) is 2. The first-order valence-corrected chi connectivity index (χ1v) is 10.8. The SMILES string of the molecule is CC(C)C(=O)N1CCC2(CC1)CC(N(Cc1ccccc1)C1CC1)CCO2. The lowest BCUT2D eigenvalue weighted by Crippen LogP contribution is -2.55. The fraction of sp³-hybridized carbons (Fsp3) is 0.696. The number of amides is 1. The summed E-state index contributed by atoms with van der Waals surface area (Å²) in [5, 5.41) is 0. The average molecular weight is 371 g/mol. The molecule has 0 radical (unpaired) electrons. The Labute approximate surface area is 163 Å². The number of rotatable bonds is 5. The lowest BCUT2D eigenvalue weighted by molar-refractivity contribution is -0.152. The molecular weight excluding hydrogens is 336 g/mol. The van der Waals surface area contributed by atoms with Gasteiger partial charge in [-0.1, -0.05) is 44.2 Å². The number of piperidine rings is 1. The molecule has 3 aliphatic rings. The zero-order valence-corrected chi connectivity index (χ0v) is 16.9. The fourth-order valence-corrected chi connectivity index (χ4v) is 4.89. The van der Waals surface area contributed by atoms with E-state index in [1.165, 1.54) is 18.4 Å². The first kappa shape index (κ1) is 18.9. The highest BCUT2D eigenvalue weighted by molar-refractivity contribution is 5.78. The van der Waals surface area contributed by atoms with E-state index in [9.17, 15) is 4.79 Å². The van der Waals surface area contributed by atoms with Crippen LogP contribution in [0.4, 0.5) is 0 Å². The van der Waals surface area contributed by atoms with E-state index in [0.717, 1.165) is 58.0 Å². The lowest BCUT2D eigenvalue weighted by atomic mass is 9.81. The molecule has 27 heavy (non-hydrogen) atoms. The summed E-state index contributed by atoms with van der Waals surface area (Å²) in [5.41, 5.74) is 1.41. The standard InChI is InChI=1S/C23H34N2O2/c1-18(2)22(26)24-13-11-23(12-14-24)16-21(10-15-27-23)25(20-8-9-20)17-19-6-4-3-5-7-19/h3-7,18,20-21H,8-17H2,1-2H3. The van der Waals surface area contributed by atoms with E-state index < -0.39 is 0 Å². The van der Waals surface area contributed by atoms with Gasteiger partial charge < -0.3 is 9.64 Å². The largest absolute Gasteiger partial charge is 0.375 e. The summed E-state index contributed by atoms with van der Waals surface area (Å²) in [6, 6.07) is 12.3. The predicted molar refractivity (Wildman–Crippen MR) is 107 cm³/mol. The van der Waals surface area contributed by atoms with Gasteiger partial charge in [-0.25, -0.2) is 0 Å². The van der Waals surface area contributed by atoms with Crippen molar-refractivity contribution in [1.29, 1.82) is 0 Å². The van der Waals surface area contributed by atoms with E-state index in [-0.39, 0.29) is 11.5 Å². The van der Waals surface area contributed by atoms with Crippen LogP contribution in [0.3, 0.4) is 0 Å². The Morgan fingerprint density at radius 2 is 1.85 bits per heavy atom. The van der Waals surface area contributed by atoms with Crippen molar-refractivity contribution in [2.75, 3.05) is 19.7 Å². The molecule has 0 N–H and O–H groups in total. The van der Waals surface area contributed by atoms with Gasteiger partial charge in [0.2, 0.25) is 5.91 Å². The van der Waals surface area contributed by atoms with Gasteiger partial charge in [-0.15, -0.1) is 0 Å². The highest BCUT2D eigenvalue weighted by Gasteiger charge is 2.45. The molecule has 2 heterocycles. The molecule has 1 aromatic rings. The molecule has 1 saturated carbocycles. The third kappa shape index (κ3) is 4.38. The Balaban J connectivity index is 1.40. The van der Waals surface area contributed by atoms with Crippen molar-refractivity contribution in [1.82, 2.24) is 9.80 Å². The lowest BCUT2D eigenvalue weighted by Gasteiger charge is -2.48. The molecule has 1 amide bonds. The molecule has 148 valence electrons. The minimum absolute atomic E-state index is 0.0134. The molecule has 4 rings (SSSR count). The molecule has 1 spiro atoms. The normalized spacial score (nSPS) is 25.3. The van der Waals surface area contributed by atoms with Crippen molar-refractivity contribution < 1.29 is 9.53 Å². The summed E-state index contributed by atoms with van der Waals surface area (Å²) in [6.07, 6.45) is 6.93. The maximum atomic E-state index is 12.3. The second-order valence-electron chi connectivity index (χ2n) is 9.05. The van der Waals surface area contributed by atoms with Crippen LogP contribution in [0.1, 0.15) is 57.9 Å². The van der Waals surface area contributed by atoms with Crippen LogP contribution in [-0.4, -0.2) is 53.1 Å². The van der Waals surface area contributed by atoms with Gasteiger partial charge in [-0.2, -0.15) is 0 Å². The number of carbonyl (C=O) groups excluding carboxylic acids is 1. The summed E-state index contributed by atoms with van der Waals surface area (Å²) in [6.45, 7) is 7.62. The van der Waals surface area contributed by atoms with Crippen molar-refractivity contribution in [3.63, 3.8) is 0 Å². The minimum atomic E-state index is -0.0134. The van der Waals surface area contributed by atoms with Gasteiger partial charge in [0, 0.05) is 44.2 Å². The third-order valence-corrected chi connectivity index (χ3v) is 6.64. The smallest absolute Gasteiger partial charge is 0.225 e. The van der Waals surface area contributed by atoms with Gasteiger partial charge in [-0.05, 0) is 44.1 Å². The van der Waals surface area contributed by atoms with Crippen LogP contribution < -0.4 is 0 Å². The quantitative estimate of drug-likeness (QED) is 0.789. The zero-order chi connectivity index (χ0) is 18.9. The Morgan fingerprint density at radius 1 is 1.15 bits per heavy atom. The molecule has 3 fully saturated rings. The molecule has 1 aliphatic carbocycles. The Kier molecular flexibility index (Phi) is 5.56. The average Bonchev–Trinajstić information content (AvgIpc) is 3.52. The number of likely N-dealkylation sites (tertiary alicyclic amines) is 1. The Hall–Kier alpha value is -1.39. The second-order valence-corrected chi connectivity index (χ2v) is 9.05. The molecule has 4 nitrogen and oxygen atoms in total. The first-order valence-electron chi connectivity index (χ1n) is 10.8. The summed E-state index contributed by atoms with van der Waals surface area (Å²) >= 11 is 0. The fourth-order valence-electron chi connectivity index (χ4n) is 4.89. The third-order valence-electron chi connectivity index (χ3n) is 6.64. The molecular formula is C23H34N2O2.